The number of amides is 2. The van der Waals surface area contributed by atoms with E-state index in [0.29, 0.717) is 53.2 Å². The minimum absolute atomic E-state index is 0.131. The van der Waals surface area contributed by atoms with Crippen LogP contribution in [0.1, 0.15) is 23.3 Å². The normalized spacial score (nSPS) is 14.1. The van der Waals surface area contributed by atoms with Crippen molar-refractivity contribution in [1.82, 2.24) is 19.7 Å². The van der Waals surface area contributed by atoms with Gasteiger partial charge in [-0.25, -0.2) is 4.98 Å². The van der Waals surface area contributed by atoms with Crippen LogP contribution in [0.25, 0.3) is 16.5 Å². The summed E-state index contributed by atoms with van der Waals surface area (Å²) in [6, 6.07) is 19.4. The molecule has 176 valence electrons. The maximum absolute atomic E-state index is 13.5. The molecule has 5 rings (SSSR count). The van der Waals surface area contributed by atoms with Crippen LogP contribution in [0.15, 0.2) is 77.7 Å². The predicted molar refractivity (Wildman–Crippen MR) is 134 cm³/mol. The van der Waals surface area contributed by atoms with E-state index in [9.17, 15) is 14.4 Å². The number of halogens is 1. The predicted octanol–water partition coefficient (Wildman–Crippen LogP) is 3.93. The quantitative estimate of drug-likeness (QED) is 0.470. The molecule has 1 fully saturated rings. The van der Waals surface area contributed by atoms with Gasteiger partial charge in [-0.2, -0.15) is 9.78 Å². The largest absolute Gasteiger partial charge is 0.337 e. The van der Waals surface area contributed by atoms with E-state index in [0.717, 1.165) is 0 Å². The lowest BCUT2D eigenvalue weighted by Gasteiger charge is -2.31. The number of rotatable bonds is 4. The highest BCUT2D eigenvalue weighted by molar-refractivity contribution is 6.30. The fraction of sp³-hybridized carbons (Fsp3) is 0.192. The highest BCUT2D eigenvalue weighted by atomic mass is 35.5. The number of aromatic nitrogens is 3. The molecule has 2 aromatic carbocycles. The van der Waals surface area contributed by atoms with Crippen LogP contribution in [0.5, 0.6) is 0 Å². The molecule has 9 heteroatoms. The van der Waals surface area contributed by atoms with Gasteiger partial charge in [0.2, 0.25) is 5.91 Å². The third kappa shape index (κ3) is 4.65. The van der Waals surface area contributed by atoms with Gasteiger partial charge in [0.25, 0.3) is 11.5 Å². The van der Waals surface area contributed by atoms with E-state index in [4.69, 9.17) is 11.6 Å². The summed E-state index contributed by atoms with van der Waals surface area (Å²) < 4.78 is 1.27. The molecule has 35 heavy (non-hydrogen) atoms. The molecule has 0 saturated carbocycles. The molecule has 0 atom stereocenters. The van der Waals surface area contributed by atoms with Crippen LogP contribution in [-0.2, 0) is 4.79 Å². The van der Waals surface area contributed by atoms with Crippen LogP contribution in [0.3, 0.4) is 0 Å². The van der Waals surface area contributed by atoms with Crippen LogP contribution in [0.4, 0.5) is 5.82 Å². The van der Waals surface area contributed by atoms with Gasteiger partial charge in [-0.3, -0.25) is 14.4 Å². The minimum atomic E-state index is -0.283. The monoisotopic (exact) mass is 487 g/mol. The van der Waals surface area contributed by atoms with Gasteiger partial charge in [0, 0.05) is 30.6 Å². The second-order valence-corrected chi connectivity index (χ2v) is 8.80. The van der Waals surface area contributed by atoms with Crippen LogP contribution in [0.2, 0.25) is 5.02 Å². The van der Waals surface area contributed by atoms with Crippen molar-refractivity contribution in [2.24, 2.45) is 5.92 Å². The number of hydrogen-bond donors (Lipinski definition) is 1. The van der Waals surface area contributed by atoms with Crippen LogP contribution in [-0.4, -0.2) is 44.6 Å². The first-order valence-electron chi connectivity index (χ1n) is 11.3. The number of pyridine rings is 1. The molecule has 0 aliphatic carbocycles. The number of para-hydroxylation sites is 1. The molecule has 1 saturated heterocycles. The Morgan fingerprint density at radius 3 is 2.29 bits per heavy atom. The molecular formula is C26H22ClN5O3. The lowest BCUT2D eigenvalue weighted by Crippen LogP contribution is -2.42. The summed E-state index contributed by atoms with van der Waals surface area (Å²) in [7, 11) is 0. The van der Waals surface area contributed by atoms with Gasteiger partial charge < -0.3 is 10.2 Å². The summed E-state index contributed by atoms with van der Waals surface area (Å²) in [5.74, 6) is -0.187. The van der Waals surface area contributed by atoms with Crippen molar-refractivity contribution < 1.29 is 9.59 Å². The Kier molecular flexibility index (Phi) is 6.29. The summed E-state index contributed by atoms with van der Waals surface area (Å²) in [5.41, 5.74) is 0.523. The zero-order valence-electron chi connectivity index (χ0n) is 18.7. The first-order chi connectivity index (χ1) is 17.0. The number of likely N-dealkylation sites (tertiary alicyclic amines) is 1. The lowest BCUT2D eigenvalue weighted by molar-refractivity contribution is -0.121. The topological polar surface area (TPSA) is 97.2 Å². The number of nitrogens with one attached hydrogen (secondary N) is 1. The number of piperidine rings is 1. The third-order valence-corrected chi connectivity index (χ3v) is 6.36. The van der Waals surface area contributed by atoms with Crippen LogP contribution in [0, 0.1) is 5.92 Å². The van der Waals surface area contributed by atoms with Crippen molar-refractivity contribution in [3.63, 3.8) is 0 Å². The summed E-state index contributed by atoms with van der Waals surface area (Å²) in [6.07, 6.45) is 2.51. The van der Waals surface area contributed by atoms with Gasteiger partial charge in [-0.1, -0.05) is 48.0 Å². The SMILES string of the molecule is O=C(Nc1ccc(Cl)cn1)C1CCN(C(=O)c2nn(-c3ccccc3)c(=O)c3ccccc23)CC1. The second kappa shape index (κ2) is 9.68. The molecular weight excluding hydrogens is 466 g/mol. The summed E-state index contributed by atoms with van der Waals surface area (Å²) >= 11 is 5.85. The van der Waals surface area contributed by atoms with Gasteiger partial charge in [0.1, 0.15) is 5.82 Å². The number of anilines is 1. The molecule has 1 aliphatic rings. The van der Waals surface area contributed by atoms with Gasteiger partial charge in [-0.05, 0) is 43.2 Å². The zero-order chi connectivity index (χ0) is 24.4. The smallest absolute Gasteiger partial charge is 0.279 e. The van der Waals surface area contributed by atoms with Gasteiger partial charge in [-0.15, -0.1) is 0 Å². The standard InChI is InChI=1S/C26H22ClN5O3/c27-18-10-11-22(28-16-18)29-24(33)17-12-14-31(15-13-17)26(35)23-20-8-4-5-9-21(20)25(34)32(30-23)19-6-2-1-3-7-19/h1-11,16-17H,12-15H2,(H,28,29,33). The minimum Gasteiger partial charge on any atom is -0.337 e. The Balaban J connectivity index is 1.36. The summed E-state index contributed by atoms with van der Waals surface area (Å²) in [6.45, 7) is 0.816. The van der Waals surface area contributed by atoms with Crippen molar-refractivity contribution in [3.8, 4) is 5.69 Å². The van der Waals surface area contributed by atoms with E-state index in [1.165, 1.54) is 10.9 Å². The molecule has 0 bridgehead atoms. The maximum Gasteiger partial charge on any atom is 0.279 e. The lowest BCUT2D eigenvalue weighted by atomic mass is 9.95. The number of carbonyl (C=O) groups excluding carboxylic acids is 2. The average Bonchev–Trinajstić information content (AvgIpc) is 2.90. The van der Waals surface area contributed by atoms with E-state index in [-0.39, 0.29) is 29.0 Å². The maximum atomic E-state index is 13.5. The molecule has 0 spiro atoms. The fourth-order valence-electron chi connectivity index (χ4n) is 4.26. The Morgan fingerprint density at radius 2 is 1.60 bits per heavy atom. The van der Waals surface area contributed by atoms with Crippen molar-refractivity contribution in [2.75, 3.05) is 18.4 Å². The van der Waals surface area contributed by atoms with E-state index in [2.05, 4.69) is 15.4 Å². The molecule has 0 radical (unpaired) electrons. The van der Waals surface area contributed by atoms with Crippen LogP contribution < -0.4 is 10.9 Å². The Morgan fingerprint density at radius 1 is 0.914 bits per heavy atom. The molecule has 1 N–H and O–H groups in total. The highest BCUT2D eigenvalue weighted by Crippen LogP contribution is 2.23. The van der Waals surface area contributed by atoms with Gasteiger partial charge >= 0.3 is 0 Å². The van der Waals surface area contributed by atoms with Crippen molar-refractivity contribution in [3.05, 3.63) is 94.0 Å². The number of carbonyl (C=O) groups is 2. The number of nitrogens with zero attached hydrogens (tertiary/aromatic N) is 4. The third-order valence-electron chi connectivity index (χ3n) is 6.14. The molecule has 0 unspecified atom stereocenters. The molecule has 3 heterocycles. The van der Waals surface area contributed by atoms with Gasteiger partial charge in [0.05, 0.1) is 16.1 Å². The van der Waals surface area contributed by atoms with E-state index in [1.807, 2.05) is 18.2 Å². The average molecular weight is 488 g/mol. The van der Waals surface area contributed by atoms with Crippen molar-refractivity contribution in [1.29, 1.82) is 0 Å². The van der Waals surface area contributed by atoms with Gasteiger partial charge in [0.15, 0.2) is 5.69 Å². The second-order valence-electron chi connectivity index (χ2n) is 8.36. The number of benzene rings is 2. The van der Waals surface area contributed by atoms with E-state index in [1.54, 1.807) is 53.4 Å². The highest BCUT2D eigenvalue weighted by Gasteiger charge is 2.30. The Hall–Kier alpha value is -4.04. The van der Waals surface area contributed by atoms with E-state index >= 15 is 0 Å². The molecule has 8 nitrogen and oxygen atoms in total. The molecule has 2 aromatic heterocycles. The Labute approximate surface area is 206 Å². The Bertz CT molecular complexity index is 1450. The molecule has 4 aromatic rings. The van der Waals surface area contributed by atoms with Crippen molar-refractivity contribution >= 4 is 40.0 Å². The van der Waals surface area contributed by atoms with E-state index < -0.39 is 0 Å². The van der Waals surface area contributed by atoms with Crippen LogP contribution >= 0.6 is 11.6 Å². The molecule has 2 amide bonds. The van der Waals surface area contributed by atoms with Crippen molar-refractivity contribution in [2.45, 2.75) is 12.8 Å². The number of fused-ring (bicyclic) bond motifs is 1. The summed E-state index contributed by atoms with van der Waals surface area (Å²) in [5, 5.41) is 8.73. The molecule has 1 aliphatic heterocycles. The first kappa shape index (κ1) is 22.7. The zero-order valence-corrected chi connectivity index (χ0v) is 19.5. The fourth-order valence-corrected chi connectivity index (χ4v) is 4.38. The number of hydrogen-bond acceptors (Lipinski definition) is 5. The summed E-state index contributed by atoms with van der Waals surface area (Å²) in [4.78, 5) is 45.1. The first-order valence-corrected chi connectivity index (χ1v) is 11.7.